The summed E-state index contributed by atoms with van der Waals surface area (Å²) in [5, 5.41) is 3.01. The lowest BCUT2D eigenvalue weighted by atomic mass is 10.1. The van der Waals surface area contributed by atoms with Gasteiger partial charge in [0.05, 0.1) is 15.5 Å². The average Bonchev–Trinajstić information content (AvgIpc) is 3.07. The molecule has 6 nitrogen and oxygen atoms in total. The Hall–Kier alpha value is -2.13. The molecule has 9 heteroatoms. The molecule has 0 aliphatic rings. The zero-order chi connectivity index (χ0) is 19.7. The molecular weight excluding hydrogens is 420 g/mol. The van der Waals surface area contributed by atoms with Gasteiger partial charge in [0.1, 0.15) is 0 Å². The van der Waals surface area contributed by atoms with Gasteiger partial charge in [-0.05, 0) is 42.4 Å². The van der Waals surface area contributed by atoms with Crippen LogP contribution >= 0.6 is 12.4 Å². The van der Waals surface area contributed by atoms with Gasteiger partial charge >= 0.3 is 0 Å². The average molecular weight is 441 g/mol. The first-order valence-corrected chi connectivity index (χ1v) is 11.5. The lowest BCUT2D eigenvalue weighted by Gasteiger charge is -2.11. The fourth-order valence-electron chi connectivity index (χ4n) is 2.79. The summed E-state index contributed by atoms with van der Waals surface area (Å²) in [7, 11) is -5.71. The van der Waals surface area contributed by atoms with Crippen molar-refractivity contribution >= 4 is 32.3 Å². The van der Waals surface area contributed by atoms with E-state index in [0.717, 1.165) is 17.4 Å². The molecule has 0 unspecified atom stereocenters. The maximum Gasteiger partial charge on any atom is 0.268 e. The van der Waals surface area contributed by atoms with E-state index in [0.29, 0.717) is 12.2 Å². The minimum absolute atomic E-state index is 0. The van der Waals surface area contributed by atoms with Crippen LogP contribution in [0.4, 0.5) is 0 Å². The Morgan fingerprint density at radius 3 is 2.14 bits per heavy atom. The maximum atomic E-state index is 13.3. The standard InChI is InChI=1S/C19H20N2O4S2.ClH/c1-20-13-15-11-19(16-7-4-3-5-8-16)21(14-15)27(24,25)18-10-6-9-17(12-18)26(2,22)23;/h3-12,14,20H,13H2,1-2H3;1H. The van der Waals surface area contributed by atoms with Crippen molar-refractivity contribution in [3.05, 3.63) is 72.4 Å². The highest BCUT2D eigenvalue weighted by Gasteiger charge is 2.23. The number of benzene rings is 2. The van der Waals surface area contributed by atoms with Gasteiger partial charge in [-0.25, -0.2) is 20.8 Å². The topological polar surface area (TPSA) is 85.2 Å². The predicted octanol–water partition coefficient (Wildman–Crippen LogP) is 2.94. The minimum atomic E-state index is -3.97. The van der Waals surface area contributed by atoms with E-state index in [1.165, 1.54) is 28.2 Å². The van der Waals surface area contributed by atoms with Crippen LogP contribution in [0.3, 0.4) is 0 Å². The number of halogens is 1. The molecular formula is C19H21ClN2O4S2. The summed E-state index contributed by atoms with van der Waals surface area (Å²) in [5.41, 5.74) is 2.08. The summed E-state index contributed by atoms with van der Waals surface area (Å²) in [6.45, 7) is 0.506. The molecule has 1 heterocycles. The molecule has 0 saturated carbocycles. The molecule has 28 heavy (non-hydrogen) atoms. The molecule has 0 aliphatic carbocycles. The zero-order valence-corrected chi connectivity index (χ0v) is 17.8. The molecule has 0 spiro atoms. The van der Waals surface area contributed by atoms with Crippen molar-refractivity contribution in [3.8, 4) is 11.3 Å². The van der Waals surface area contributed by atoms with Gasteiger partial charge in [0, 0.05) is 19.0 Å². The van der Waals surface area contributed by atoms with E-state index in [2.05, 4.69) is 5.32 Å². The largest absolute Gasteiger partial charge is 0.316 e. The molecule has 1 aromatic heterocycles. The molecule has 0 amide bonds. The van der Waals surface area contributed by atoms with E-state index in [-0.39, 0.29) is 22.2 Å². The highest BCUT2D eigenvalue weighted by Crippen LogP contribution is 2.28. The number of sulfone groups is 1. The van der Waals surface area contributed by atoms with E-state index in [9.17, 15) is 16.8 Å². The van der Waals surface area contributed by atoms with Gasteiger partial charge in [-0.1, -0.05) is 36.4 Å². The van der Waals surface area contributed by atoms with E-state index in [1.54, 1.807) is 13.2 Å². The number of nitrogens with zero attached hydrogens (tertiary/aromatic N) is 1. The Balaban J connectivity index is 0.00000280. The molecule has 150 valence electrons. The van der Waals surface area contributed by atoms with Gasteiger partial charge in [-0.2, -0.15) is 0 Å². The van der Waals surface area contributed by atoms with Gasteiger partial charge in [0.15, 0.2) is 9.84 Å². The van der Waals surface area contributed by atoms with Crippen molar-refractivity contribution in [2.24, 2.45) is 0 Å². The third kappa shape index (κ3) is 4.47. The number of aromatic nitrogens is 1. The van der Waals surface area contributed by atoms with Gasteiger partial charge in [-0.15, -0.1) is 12.4 Å². The summed E-state index contributed by atoms with van der Waals surface area (Å²) >= 11 is 0. The number of hydrogen-bond donors (Lipinski definition) is 1. The zero-order valence-electron chi connectivity index (χ0n) is 15.4. The predicted molar refractivity (Wildman–Crippen MR) is 112 cm³/mol. The third-order valence-corrected chi connectivity index (χ3v) is 6.86. The molecule has 0 radical (unpaired) electrons. The normalized spacial score (nSPS) is 11.8. The van der Waals surface area contributed by atoms with Gasteiger partial charge in [0.2, 0.25) is 0 Å². The number of nitrogens with one attached hydrogen (secondary N) is 1. The highest BCUT2D eigenvalue weighted by atomic mass is 35.5. The molecule has 1 N–H and O–H groups in total. The summed E-state index contributed by atoms with van der Waals surface area (Å²) in [6.07, 6.45) is 2.61. The molecule has 0 atom stereocenters. The molecule has 3 rings (SSSR count). The lowest BCUT2D eigenvalue weighted by molar-refractivity contribution is 0.587. The van der Waals surface area contributed by atoms with Crippen molar-refractivity contribution in [1.29, 1.82) is 0 Å². The smallest absolute Gasteiger partial charge is 0.268 e. The van der Waals surface area contributed by atoms with Crippen LogP contribution in [0.15, 0.2) is 76.7 Å². The van der Waals surface area contributed by atoms with Crippen LogP contribution in [-0.4, -0.2) is 34.1 Å². The molecule has 0 aliphatic heterocycles. The van der Waals surface area contributed by atoms with Gasteiger partial charge in [-0.3, -0.25) is 0 Å². The fourth-order valence-corrected chi connectivity index (χ4v) is 4.98. The lowest BCUT2D eigenvalue weighted by Crippen LogP contribution is -2.14. The van der Waals surface area contributed by atoms with Crippen molar-refractivity contribution in [3.63, 3.8) is 0 Å². The van der Waals surface area contributed by atoms with Gasteiger partial charge < -0.3 is 5.32 Å². The Morgan fingerprint density at radius 1 is 0.893 bits per heavy atom. The second-order valence-electron chi connectivity index (χ2n) is 6.18. The fraction of sp³-hybridized carbons (Fsp3) is 0.158. The molecule has 3 aromatic rings. The van der Waals surface area contributed by atoms with E-state index in [4.69, 9.17) is 0 Å². The molecule has 2 aromatic carbocycles. The first kappa shape index (κ1) is 22.2. The minimum Gasteiger partial charge on any atom is -0.316 e. The van der Waals surface area contributed by atoms with Crippen LogP contribution in [0.2, 0.25) is 0 Å². The summed E-state index contributed by atoms with van der Waals surface area (Å²) in [4.78, 5) is -0.110. The third-order valence-electron chi connectivity index (χ3n) is 4.08. The van der Waals surface area contributed by atoms with E-state index in [1.807, 2.05) is 36.4 Å². The van der Waals surface area contributed by atoms with Crippen LogP contribution < -0.4 is 5.32 Å². The quantitative estimate of drug-likeness (QED) is 0.637. The summed E-state index contributed by atoms with van der Waals surface area (Å²) in [6, 6.07) is 16.4. The van der Waals surface area contributed by atoms with Crippen LogP contribution in [0, 0.1) is 0 Å². The van der Waals surface area contributed by atoms with Crippen molar-refractivity contribution in [2.45, 2.75) is 16.3 Å². The number of hydrogen-bond acceptors (Lipinski definition) is 5. The second kappa shape index (κ2) is 8.48. The van der Waals surface area contributed by atoms with Crippen LogP contribution in [0.25, 0.3) is 11.3 Å². The van der Waals surface area contributed by atoms with Crippen LogP contribution in [0.5, 0.6) is 0 Å². The number of rotatable bonds is 6. The molecule has 0 saturated heterocycles. The molecule has 0 bridgehead atoms. The SMILES string of the molecule is CNCc1cc(-c2ccccc2)n(S(=O)(=O)c2cccc(S(C)(=O)=O)c2)c1.Cl. The summed E-state index contributed by atoms with van der Waals surface area (Å²) < 4.78 is 51.4. The highest BCUT2D eigenvalue weighted by molar-refractivity contribution is 7.91. The Kier molecular flexibility index (Phi) is 6.71. The van der Waals surface area contributed by atoms with E-state index >= 15 is 0 Å². The first-order valence-electron chi connectivity index (χ1n) is 8.20. The van der Waals surface area contributed by atoms with Crippen molar-refractivity contribution in [1.82, 2.24) is 9.29 Å². The Bertz CT molecular complexity index is 1170. The second-order valence-corrected chi connectivity index (χ2v) is 10.0. The first-order chi connectivity index (χ1) is 12.7. The summed E-state index contributed by atoms with van der Waals surface area (Å²) in [5.74, 6) is 0. The van der Waals surface area contributed by atoms with Gasteiger partial charge in [0.25, 0.3) is 10.0 Å². The van der Waals surface area contributed by atoms with Crippen LogP contribution in [0.1, 0.15) is 5.56 Å². The maximum absolute atomic E-state index is 13.3. The van der Waals surface area contributed by atoms with E-state index < -0.39 is 19.9 Å². The molecule has 0 fully saturated rings. The van der Waals surface area contributed by atoms with Crippen molar-refractivity contribution in [2.75, 3.05) is 13.3 Å². The van der Waals surface area contributed by atoms with Crippen molar-refractivity contribution < 1.29 is 16.8 Å². The monoisotopic (exact) mass is 440 g/mol. The Morgan fingerprint density at radius 2 is 1.54 bits per heavy atom. The Labute approximate surface area is 171 Å². The van der Waals surface area contributed by atoms with Crippen LogP contribution in [-0.2, 0) is 26.4 Å².